The molecule has 12 heavy (non-hydrogen) atoms. The highest BCUT2D eigenvalue weighted by molar-refractivity contribution is 4.83. The van der Waals surface area contributed by atoms with E-state index in [1.54, 1.807) is 0 Å². The Morgan fingerprint density at radius 3 is 2.58 bits per heavy atom. The van der Waals surface area contributed by atoms with Crippen molar-refractivity contribution in [3.05, 3.63) is 0 Å². The Morgan fingerprint density at radius 2 is 2.00 bits per heavy atom. The molecular weight excluding hydrogens is 152 g/mol. The van der Waals surface area contributed by atoms with Crippen LogP contribution in [0.3, 0.4) is 0 Å². The van der Waals surface area contributed by atoms with Crippen LogP contribution in [0.15, 0.2) is 0 Å². The first-order valence-corrected chi connectivity index (χ1v) is 5.08. The van der Waals surface area contributed by atoms with Gasteiger partial charge in [-0.25, -0.2) is 0 Å². The lowest BCUT2D eigenvalue weighted by Gasteiger charge is -2.20. The van der Waals surface area contributed by atoms with Gasteiger partial charge in [-0.3, -0.25) is 0 Å². The van der Waals surface area contributed by atoms with Crippen LogP contribution in [0.1, 0.15) is 39.0 Å². The minimum atomic E-state index is -0.0958. The predicted molar refractivity (Wildman–Crippen MR) is 48.8 cm³/mol. The lowest BCUT2D eigenvalue weighted by Crippen LogP contribution is -2.19. The molecule has 1 aliphatic carbocycles. The summed E-state index contributed by atoms with van der Waals surface area (Å²) in [6.07, 6.45) is 5.08. The molecule has 0 radical (unpaired) electrons. The van der Waals surface area contributed by atoms with E-state index in [4.69, 9.17) is 5.11 Å². The summed E-state index contributed by atoms with van der Waals surface area (Å²) >= 11 is 0. The van der Waals surface area contributed by atoms with Gasteiger partial charge in [0.1, 0.15) is 0 Å². The van der Waals surface area contributed by atoms with Gasteiger partial charge in [0.15, 0.2) is 0 Å². The topological polar surface area (TPSA) is 40.5 Å². The third kappa shape index (κ3) is 2.20. The van der Waals surface area contributed by atoms with Crippen molar-refractivity contribution in [3.8, 4) is 0 Å². The van der Waals surface area contributed by atoms with Gasteiger partial charge in [-0.1, -0.05) is 13.3 Å². The Balaban J connectivity index is 2.39. The van der Waals surface area contributed by atoms with Crippen molar-refractivity contribution in [1.29, 1.82) is 0 Å². The van der Waals surface area contributed by atoms with Gasteiger partial charge in [0, 0.05) is 6.61 Å². The Hall–Kier alpha value is -0.0800. The van der Waals surface area contributed by atoms with Crippen LogP contribution >= 0.6 is 0 Å². The number of rotatable bonds is 4. The van der Waals surface area contributed by atoms with Crippen LogP contribution in [-0.2, 0) is 0 Å². The largest absolute Gasteiger partial charge is 0.396 e. The zero-order valence-electron chi connectivity index (χ0n) is 7.87. The second-order valence-corrected chi connectivity index (χ2v) is 3.87. The van der Waals surface area contributed by atoms with Crippen molar-refractivity contribution in [2.45, 2.75) is 45.1 Å². The molecule has 1 saturated carbocycles. The molecular formula is C10H20O2. The van der Waals surface area contributed by atoms with Gasteiger partial charge in [-0.2, -0.15) is 0 Å². The second-order valence-electron chi connectivity index (χ2n) is 3.87. The Morgan fingerprint density at radius 1 is 1.25 bits per heavy atom. The van der Waals surface area contributed by atoms with Gasteiger partial charge < -0.3 is 10.2 Å². The average Bonchev–Trinajstić information content (AvgIpc) is 2.37. The zero-order chi connectivity index (χ0) is 8.97. The standard InChI is InChI=1S/C10H20O2/c1-2-3-9-8(6-7-11)4-5-10(9)12/h8-12H,2-7H2,1H3. The summed E-state index contributed by atoms with van der Waals surface area (Å²) in [7, 11) is 0. The van der Waals surface area contributed by atoms with Crippen molar-refractivity contribution in [1.82, 2.24) is 0 Å². The summed E-state index contributed by atoms with van der Waals surface area (Å²) in [6.45, 7) is 2.43. The SMILES string of the molecule is CCCC1C(O)CCC1CCO. The molecule has 72 valence electrons. The smallest absolute Gasteiger partial charge is 0.0571 e. The molecule has 1 rings (SSSR count). The first-order chi connectivity index (χ1) is 5.79. The first kappa shape index (κ1) is 10.0. The summed E-state index contributed by atoms with van der Waals surface area (Å²) in [6, 6.07) is 0. The van der Waals surface area contributed by atoms with Crippen molar-refractivity contribution < 1.29 is 10.2 Å². The lowest BCUT2D eigenvalue weighted by molar-refractivity contribution is 0.104. The van der Waals surface area contributed by atoms with Gasteiger partial charge in [-0.15, -0.1) is 0 Å². The van der Waals surface area contributed by atoms with Crippen molar-refractivity contribution in [2.75, 3.05) is 6.61 Å². The molecule has 0 spiro atoms. The van der Waals surface area contributed by atoms with Gasteiger partial charge >= 0.3 is 0 Å². The maximum atomic E-state index is 9.64. The molecule has 0 saturated heterocycles. The highest BCUT2D eigenvalue weighted by atomic mass is 16.3. The molecule has 0 aromatic heterocycles. The maximum absolute atomic E-state index is 9.64. The van der Waals surface area contributed by atoms with Crippen LogP contribution in [0.4, 0.5) is 0 Å². The molecule has 0 bridgehead atoms. The Labute approximate surface area is 74.6 Å². The van der Waals surface area contributed by atoms with Crippen LogP contribution in [0.25, 0.3) is 0 Å². The number of hydrogen-bond acceptors (Lipinski definition) is 2. The highest BCUT2D eigenvalue weighted by Crippen LogP contribution is 2.36. The molecule has 1 aliphatic rings. The fourth-order valence-corrected chi connectivity index (χ4v) is 2.41. The Bertz CT molecular complexity index is 123. The van der Waals surface area contributed by atoms with E-state index in [1.165, 1.54) is 0 Å². The highest BCUT2D eigenvalue weighted by Gasteiger charge is 2.33. The molecule has 0 aromatic carbocycles. The van der Waals surface area contributed by atoms with E-state index >= 15 is 0 Å². The first-order valence-electron chi connectivity index (χ1n) is 5.08. The van der Waals surface area contributed by atoms with Crippen molar-refractivity contribution >= 4 is 0 Å². The third-order valence-corrected chi connectivity index (χ3v) is 3.05. The summed E-state index contributed by atoms with van der Waals surface area (Å²) in [5.41, 5.74) is 0. The fourth-order valence-electron chi connectivity index (χ4n) is 2.41. The summed E-state index contributed by atoms with van der Waals surface area (Å²) < 4.78 is 0. The molecule has 2 heteroatoms. The van der Waals surface area contributed by atoms with Crippen LogP contribution in [-0.4, -0.2) is 22.9 Å². The van der Waals surface area contributed by atoms with Gasteiger partial charge in [-0.05, 0) is 37.5 Å². The molecule has 0 aliphatic heterocycles. The van der Waals surface area contributed by atoms with Crippen LogP contribution < -0.4 is 0 Å². The monoisotopic (exact) mass is 172 g/mol. The van der Waals surface area contributed by atoms with Crippen molar-refractivity contribution in [2.24, 2.45) is 11.8 Å². The Kier molecular flexibility index (Phi) is 4.02. The van der Waals surface area contributed by atoms with E-state index in [9.17, 15) is 5.11 Å². The third-order valence-electron chi connectivity index (χ3n) is 3.05. The van der Waals surface area contributed by atoms with E-state index in [2.05, 4.69) is 6.92 Å². The zero-order valence-corrected chi connectivity index (χ0v) is 7.87. The van der Waals surface area contributed by atoms with E-state index < -0.39 is 0 Å². The van der Waals surface area contributed by atoms with E-state index in [-0.39, 0.29) is 12.7 Å². The molecule has 3 unspecified atom stereocenters. The quantitative estimate of drug-likeness (QED) is 0.675. The molecule has 0 amide bonds. The summed E-state index contributed by atoms with van der Waals surface area (Å²) in [5, 5.41) is 18.5. The van der Waals surface area contributed by atoms with Gasteiger partial charge in [0.05, 0.1) is 6.10 Å². The molecule has 2 N–H and O–H groups in total. The second kappa shape index (κ2) is 4.83. The summed E-state index contributed by atoms with van der Waals surface area (Å²) in [4.78, 5) is 0. The van der Waals surface area contributed by atoms with Crippen LogP contribution in [0.2, 0.25) is 0 Å². The number of aliphatic hydroxyl groups is 2. The normalized spacial score (nSPS) is 35.8. The molecule has 0 heterocycles. The van der Waals surface area contributed by atoms with E-state index in [0.717, 1.165) is 32.1 Å². The van der Waals surface area contributed by atoms with Crippen LogP contribution in [0.5, 0.6) is 0 Å². The molecule has 0 aromatic rings. The molecule has 2 nitrogen and oxygen atoms in total. The van der Waals surface area contributed by atoms with Gasteiger partial charge in [0.25, 0.3) is 0 Å². The number of hydrogen-bond donors (Lipinski definition) is 2. The predicted octanol–water partition coefficient (Wildman–Crippen LogP) is 1.56. The lowest BCUT2D eigenvalue weighted by atomic mass is 9.88. The average molecular weight is 172 g/mol. The minimum Gasteiger partial charge on any atom is -0.396 e. The van der Waals surface area contributed by atoms with Crippen molar-refractivity contribution in [3.63, 3.8) is 0 Å². The summed E-state index contributed by atoms with van der Waals surface area (Å²) in [5.74, 6) is 1.03. The minimum absolute atomic E-state index is 0.0958. The van der Waals surface area contributed by atoms with E-state index in [1.807, 2.05) is 0 Å². The number of aliphatic hydroxyl groups excluding tert-OH is 2. The van der Waals surface area contributed by atoms with Gasteiger partial charge in [0.2, 0.25) is 0 Å². The fraction of sp³-hybridized carbons (Fsp3) is 1.00. The molecule has 3 atom stereocenters. The van der Waals surface area contributed by atoms with E-state index in [0.29, 0.717) is 11.8 Å². The van der Waals surface area contributed by atoms with Crippen LogP contribution in [0, 0.1) is 11.8 Å². The molecule has 1 fully saturated rings. The maximum Gasteiger partial charge on any atom is 0.0571 e.